The normalized spacial score (nSPS) is 17.7. The van der Waals surface area contributed by atoms with E-state index in [1.807, 2.05) is 48.7 Å². The third-order valence-corrected chi connectivity index (χ3v) is 7.16. The Morgan fingerprint density at radius 2 is 1.91 bits per heavy atom. The van der Waals surface area contributed by atoms with Gasteiger partial charge in [0.25, 0.3) is 0 Å². The van der Waals surface area contributed by atoms with Crippen LogP contribution in [-0.2, 0) is 11.2 Å². The van der Waals surface area contributed by atoms with Gasteiger partial charge in [-0.2, -0.15) is 0 Å². The number of amides is 1. The summed E-state index contributed by atoms with van der Waals surface area (Å²) in [5, 5.41) is 7.25. The van der Waals surface area contributed by atoms with Crippen molar-refractivity contribution in [2.24, 2.45) is 0 Å². The van der Waals surface area contributed by atoms with Crippen molar-refractivity contribution in [3.8, 4) is 0 Å². The SMILES string of the molecule is CCc1ccccc1NC(=O)CCN1C(=S)N[C@H](c2ccccn2)[C@@H]1c1cc(C)n(C(C)C)c1C. The molecular weight excluding hydrogens is 454 g/mol. The Bertz CT molecular complexity index is 1200. The number of nitrogens with zero attached hydrogens (tertiary/aromatic N) is 3. The van der Waals surface area contributed by atoms with Gasteiger partial charge in [-0.25, -0.2) is 0 Å². The van der Waals surface area contributed by atoms with E-state index in [9.17, 15) is 4.79 Å². The van der Waals surface area contributed by atoms with E-state index < -0.39 is 0 Å². The summed E-state index contributed by atoms with van der Waals surface area (Å²) in [4.78, 5) is 19.7. The second-order valence-electron chi connectivity index (χ2n) is 9.42. The number of rotatable bonds is 8. The summed E-state index contributed by atoms with van der Waals surface area (Å²) in [5.41, 5.74) is 6.62. The molecule has 1 aromatic carbocycles. The monoisotopic (exact) mass is 489 g/mol. The molecule has 1 saturated heterocycles. The van der Waals surface area contributed by atoms with Crippen LogP contribution in [0.25, 0.3) is 0 Å². The zero-order chi connectivity index (χ0) is 25.1. The molecule has 7 heteroatoms. The standard InChI is InChI=1S/C28H35N5OS/c1-6-21-11-7-8-12-23(21)30-25(34)14-16-32-27(22-17-19(4)33(18(2)3)20(22)5)26(31-28(32)35)24-13-9-10-15-29-24/h7-13,15,17-18,26-27H,6,14,16H2,1-5H3,(H,30,34)(H,31,35)/t26-,27+/m1/s1. The molecule has 4 rings (SSSR count). The van der Waals surface area contributed by atoms with Crippen LogP contribution in [0.4, 0.5) is 5.69 Å². The Balaban J connectivity index is 1.61. The van der Waals surface area contributed by atoms with Crippen LogP contribution < -0.4 is 10.6 Å². The molecule has 2 atom stereocenters. The molecule has 1 aliphatic rings. The first kappa shape index (κ1) is 24.9. The average molecular weight is 490 g/mol. The molecule has 184 valence electrons. The van der Waals surface area contributed by atoms with Crippen LogP contribution in [0.15, 0.2) is 54.7 Å². The zero-order valence-electron chi connectivity index (χ0n) is 21.2. The van der Waals surface area contributed by atoms with E-state index in [0.717, 1.165) is 23.4 Å². The van der Waals surface area contributed by atoms with Crippen LogP contribution in [-0.4, -0.2) is 32.0 Å². The Labute approximate surface area is 213 Å². The summed E-state index contributed by atoms with van der Waals surface area (Å²) in [6, 6.07) is 16.4. The summed E-state index contributed by atoms with van der Waals surface area (Å²) in [5.74, 6) is -0.0126. The highest BCUT2D eigenvalue weighted by molar-refractivity contribution is 7.80. The fourth-order valence-electron chi connectivity index (χ4n) is 5.27. The van der Waals surface area contributed by atoms with E-state index in [0.29, 0.717) is 24.1 Å². The first-order valence-electron chi connectivity index (χ1n) is 12.4. The van der Waals surface area contributed by atoms with Gasteiger partial charge in [-0.05, 0) is 81.7 Å². The molecule has 1 aliphatic heterocycles. The quantitative estimate of drug-likeness (QED) is 0.401. The van der Waals surface area contributed by atoms with Gasteiger partial charge in [-0.1, -0.05) is 31.2 Å². The molecular formula is C28H35N5OS. The maximum absolute atomic E-state index is 12.9. The molecule has 3 heterocycles. The molecule has 6 nitrogen and oxygen atoms in total. The topological polar surface area (TPSA) is 62.2 Å². The maximum atomic E-state index is 12.9. The smallest absolute Gasteiger partial charge is 0.226 e. The summed E-state index contributed by atoms with van der Waals surface area (Å²) < 4.78 is 2.36. The molecule has 3 aromatic rings. The van der Waals surface area contributed by atoms with Crippen LogP contribution >= 0.6 is 12.2 Å². The molecule has 1 fully saturated rings. The predicted molar refractivity (Wildman–Crippen MR) is 146 cm³/mol. The van der Waals surface area contributed by atoms with Crippen LogP contribution in [0.5, 0.6) is 0 Å². The minimum atomic E-state index is -0.0892. The van der Waals surface area contributed by atoms with Crippen LogP contribution in [0, 0.1) is 13.8 Å². The van der Waals surface area contributed by atoms with Crippen molar-refractivity contribution in [1.29, 1.82) is 0 Å². The molecule has 0 bridgehead atoms. The van der Waals surface area contributed by atoms with Gasteiger partial charge in [0.2, 0.25) is 5.91 Å². The second-order valence-corrected chi connectivity index (χ2v) is 9.81. The number of nitrogens with one attached hydrogen (secondary N) is 2. The summed E-state index contributed by atoms with van der Waals surface area (Å²) in [7, 11) is 0. The fourth-order valence-corrected chi connectivity index (χ4v) is 5.60. The van der Waals surface area contributed by atoms with E-state index in [2.05, 4.69) is 65.8 Å². The molecule has 0 saturated carbocycles. The Morgan fingerprint density at radius 1 is 1.17 bits per heavy atom. The lowest BCUT2D eigenvalue weighted by Crippen LogP contribution is -2.33. The molecule has 1 amide bonds. The Hall–Kier alpha value is -3.19. The number of aryl methyl sites for hydroxylation is 2. The Kier molecular flexibility index (Phi) is 7.55. The number of pyridine rings is 1. The average Bonchev–Trinajstić information content (AvgIpc) is 3.33. The van der Waals surface area contributed by atoms with Crippen molar-refractivity contribution in [2.75, 3.05) is 11.9 Å². The lowest BCUT2D eigenvalue weighted by atomic mass is 9.96. The summed E-state index contributed by atoms with van der Waals surface area (Å²) in [6.45, 7) is 11.3. The third kappa shape index (κ3) is 5.10. The van der Waals surface area contributed by atoms with E-state index in [-0.39, 0.29) is 18.0 Å². The lowest BCUT2D eigenvalue weighted by molar-refractivity contribution is -0.116. The molecule has 2 N–H and O–H groups in total. The minimum absolute atomic E-state index is 0.0126. The van der Waals surface area contributed by atoms with E-state index in [1.54, 1.807) is 0 Å². The van der Waals surface area contributed by atoms with Crippen molar-refractivity contribution in [3.63, 3.8) is 0 Å². The van der Waals surface area contributed by atoms with Gasteiger partial charge in [0.05, 0.1) is 17.8 Å². The van der Waals surface area contributed by atoms with Gasteiger partial charge in [-0.3, -0.25) is 9.78 Å². The van der Waals surface area contributed by atoms with Crippen molar-refractivity contribution >= 4 is 28.9 Å². The van der Waals surface area contributed by atoms with Crippen molar-refractivity contribution in [2.45, 2.75) is 65.6 Å². The third-order valence-electron chi connectivity index (χ3n) is 6.81. The first-order valence-corrected chi connectivity index (χ1v) is 12.8. The summed E-state index contributed by atoms with van der Waals surface area (Å²) >= 11 is 5.80. The van der Waals surface area contributed by atoms with Crippen LogP contribution in [0.1, 0.15) is 73.5 Å². The highest BCUT2D eigenvalue weighted by atomic mass is 32.1. The number of carbonyl (C=O) groups is 1. The first-order chi connectivity index (χ1) is 16.8. The fraction of sp³-hybridized carbons (Fsp3) is 0.393. The number of anilines is 1. The van der Waals surface area contributed by atoms with Gasteiger partial charge >= 0.3 is 0 Å². The minimum Gasteiger partial charge on any atom is -0.352 e. The number of hydrogen-bond donors (Lipinski definition) is 2. The highest BCUT2D eigenvalue weighted by Crippen LogP contribution is 2.41. The maximum Gasteiger partial charge on any atom is 0.226 e. The van der Waals surface area contributed by atoms with Crippen molar-refractivity contribution < 1.29 is 4.79 Å². The molecule has 0 aliphatic carbocycles. The van der Waals surface area contributed by atoms with E-state index >= 15 is 0 Å². The van der Waals surface area contributed by atoms with Gasteiger partial charge in [0.1, 0.15) is 0 Å². The molecule has 0 radical (unpaired) electrons. The lowest BCUT2D eigenvalue weighted by Gasteiger charge is -2.28. The van der Waals surface area contributed by atoms with Gasteiger partial charge in [0.15, 0.2) is 5.11 Å². The van der Waals surface area contributed by atoms with Crippen molar-refractivity contribution in [1.82, 2.24) is 19.8 Å². The predicted octanol–water partition coefficient (Wildman–Crippen LogP) is 5.64. The Morgan fingerprint density at radius 3 is 2.57 bits per heavy atom. The van der Waals surface area contributed by atoms with Gasteiger partial charge in [0, 0.05) is 42.3 Å². The van der Waals surface area contributed by atoms with E-state index in [1.165, 1.54) is 17.0 Å². The zero-order valence-corrected chi connectivity index (χ0v) is 22.0. The largest absolute Gasteiger partial charge is 0.352 e. The van der Waals surface area contributed by atoms with Crippen molar-refractivity contribution in [3.05, 3.63) is 82.9 Å². The number of thiocarbonyl (C=S) groups is 1. The molecule has 2 aromatic heterocycles. The van der Waals surface area contributed by atoms with Crippen LogP contribution in [0.3, 0.4) is 0 Å². The molecule has 0 unspecified atom stereocenters. The number of carbonyl (C=O) groups excluding carboxylic acids is 1. The highest BCUT2D eigenvalue weighted by Gasteiger charge is 2.41. The molecule has 0 spiro atoms. The number of benzene rings is 1. The van der Waals surface area contributed by atoms with E-state index in [4.69, 9.17) is 12.2 Å². The number of hydrogen-bond acceptors (Lipinski definition) is 3. The second kappa shape index (κ2) is 10.6. The van der Waals surface area contributed by atoms with Crippen LogP contribution in [0.2, 0.25) is 0 Å². The van der Waals surface area contributed by atoms with Gasteiger partial charge in [-0.15, -0.1) is 0 Å². The summed E-state index contributed by atoms with van der Waals surface area (Å²) in [6.07, 6.45) is 3.03. The van der Waals surface area contributed by atoms with Gasteiger partial charge < -0.3 is 20.1 Å². The number of para-hydroxylation sites is 1. The molecule has 35 heavy (non-hydrogen) atoms. The number of aromatic nitrogens is 2.